The Kier molecular flexibility index (Phi) is 5.47. The molecule has 0 amide bonds. The standard InChI is InChI=1S/C10H18OP.CH3.Fe/c1-8-7-9(2)12(8,11)10-5-3-4-6-10;;/h5,8-10H,3-4,6-7H2,1-2H3;1H3;/q2*-1;+2/t8?,9?,10-,12?;;/m1../s1. The van der Waals surface area contributed by atoms with E-state index in [1.165, 1.54) is 25.7 Å². The molecule has 14 heavy (non-hydrogen) atoms. The van der Waals surface area contributed by atoms with Crippen LogP contribution in [0.15, 0.2) is 0 Å². The van der Waals surface area contributed by atoms with Gasteiger partial charge < -0.3 is 18.4 Å². The third-order valence-corrected chi connectivity index (χ3v) is 8.40. The molecule has 0 spiro atoms. The zero-order chi connectivity index (χ0) is 8.77. The quantitative estimate of drug-likeness (QED) is 0.397. The van der Waals surface area contributed by atoms with E-state index in [0.717, 1.165) is 0 Å². The smallest absolute Gasteiger partial charge is 0.358 e. The predicted octanol–water partition coefficient (Wildman–Crippen LogP) is 3.73. The van der Waals surface area contributed by atoms with Crippen molar-refractivity contribution in [1.82, 2.24) is 0 Å². The van der Waals surface area contributed by atoms with Crippen LogP contribution in [-0.2, 0) is 21.6 Å². The Morgan fingerprint density at radius 2 is 1.86 bits per heavy atom. The van der Waals surface area contributed by atoms with Crippen LogP contribution in [0.3, 0.4) is 0 Å². The summed E-state index contributed by atoms with van der Waals surface area (Å²) >= 11 is 0. The van der Waals surface area contributed by atoms with Crippen molar-refractivity contribution in [2.24, 2.45) is 0 Å². The monoisotopic (exact) mass is 256 g/mol. The van der Waals surface area contributed by atoms with Gasteiger partial charge in [-0.2, -0.15) is 6.42 Å². The Balaban J connectivity index is 0.000000845. The molecule has 1 aliphatic heterocycles. The van der Waals surface area contributed by atoms with Crippen molar-refractivity contribution in [3.63, 3.8) is 0 Å². The Bertz CT molecular complexity index is 211. The van der Waals surface area contributed by atoms with Gasteiger partial charge in [0.2, 0.25) is 0 Å². The Labute approximate surface area is 99.3 Å². The Morgan fingerprint density at radius 1 is 1.29 bits per heavy atom. The molecule has 2 rings (SSSR count). The average Bonchev–Trinajstić information content (AvgIpc) is 2.55. The molecule has 0 aromatic carbocycles. The van der Waals surface area contributed by atoms with E-state index < -0.39 is 7.14 Å². The molecular weight excluding hydrogens is 235 g/mol. The summed E-state index contributed by atoms with van der Waals surface area (Å²) < 4.78 is 12.5. The van der Waals surface area contributed by atoms with E-state index in [1.54, 1.807) is 0 Å². The molecule has 1 aliphatic carbocycles. The van der Waals surface area contributed by atoms with Gasteiger partial charge in [-0.15, -0.1) is 5.66 Å². The molecule has 2 fully saturated rings. The maximum absolute atomic E-state index is 12.5. The van der Waals surface area contributed by atoms with E-state index in [-0.39, 0.29) is 24.5 Å². The summed E-state index contributed by atoms with van der Waals surface area (Å²) in [6.45, 7) is 4.35. The first-order valence-corrected chi connectivity index (χ1v) is 6.99. The molecule has 1 heterocycles. The molecule has 84 valence electrons. The third kappa shape index (κ3) is 1.99. The molecule has 0 radical (unpaired) electrons. The van der Waals surface area contributed by atoms with Crippen LogP contribution in [-0.4, -0.2) is 17.0 Å². The molecule has 0 bridgehead atoms. The summed E-state index contributed by atoms with van der Waals surface area (Å²) in [5, 5.41) is 0. The van der Waals surface area contributed by atoms with E-state index in [2.05, 4.69) is 20.3 Å². The van der Waals surface area contributed by atoms with Crippen molar-refractivity contribution in [2.45, 2.75) is 56.5 Å². The minimum Gasteiger partial charge on any atom is -0.358 e. The molecule has 0 N–H and O–H groups in total. The minimum atomic E-state index is -1.78. The van der Waals surface area contributed by atoms with Crippen LogP contribution in [0.4, 0.5) is 0 Å². The van der Waals surface area contributed by atoms with E-state index in [1.807, 2.05) is 0 Å². The molecule has 0 aromatic rings. The van der Waals surface area contributed by atoms with Crippen LogP contribution in [0.5, 0.6) is 0 Å². The Morgan fingerprint density at radius 3 is 2.21 bits per heavy atom. The normalized spacial score (nSPS) is 46.0. The van der Waals surface area contributed by atoms with Crippen molar-refractivity contribution in [1.29, 1.82) is 0 Å². The van der Waals surface area contributed by atoms with Crippen molar-refractivity contribution >= 4 is 7.14 Å². The molecule has 2 aliphatic rings. The third-order valence-electron chi connectivity index (χ3n) is 3.72. The van der Waals surface area contributed by atoms with Crippen LogP contribution in [0.25, 0.3) is 0 Å². The largest absolute Gasteiger partial charge is 2.00 e. The molecule has 1 nitrogen and oxygen atoms in total. The molecule has 2 unspecified atom stereocenters. The second kappa shape index (κ2) is 5.19. The molecule has 1 saturated carbocycles. The van der Waals surface area contributed by atoms with Gasteiger partial charge in [-0.25, -0.2) is 0 Å². The minimum absolute atomic E-state index is 0. The second-order valence-electron chi connectivity index (χ2n) is 4.43. The fraction of sp³-hybridized carbons (Fsp3) is 0.818. The first-order chi connectivity index (χ1) is 5.65. The summed E-state index contributed by atoms with van der Waals surface area (Å²) in [5.41, 5.74) is 1.54. The van der Waals surface area contributed by atoms with Gasteiger partial charge in [0.25, 0.3) is 0 Å². The fourth-order valence-electron chi connectivity index (χ4n) is 2.89. The van der Waals surface area contributed by atoms with Crippen LogP contribution < -0.4 is 0 Å². The van der Waals surface area contributed by atoms with Gasteiger partial charge in [-0.05, 0) is 6.42 Å². The summed E-state index contributed by atoms with van der Waals surface area (Å²) in [6.07, 6.45) is 7.20. The number of rotatable bonds is 1. The summed E-state index contributed by atoms with van der Waals surface area (Å²) in [4.78, 5) is 0. The first-order valence-electron chi connectivity index (χ1n) is 5.08. The summed E-state index contributed by atoms with van der Waals surface area (Å²) in [7, 11) is -1.78. The predicted molar refractivity (Wildman–Crippen MR) is 59.5 cm³/mol. The van der Waals surface area contributed by atoms with Crippen molar-refractivity contribution in [3.8, 4) is 0 Å². The summed E-state index contributed by atoms with van der Waals surface area (Å²) in [6, 6.07) is 0. The fourth-order valence-corrected chi connectivity index (χ4v) is 7.03. The zero-order valence-corrected chi connectivity index (χ0v) is 11.3. The molecule has 3 heteroatoms. The molecular formula is C11H21FeOP. The van der Waals surface area contributed by atoms with E-state index >= 15 is 0 Å². The van der Waals surface area contributed by atoms with Crippen LogP contribution in [0, 0.1) is 13.8 Å². The van der Waals surface area contributed by atoms with Crippen LogP contribution >= 0.6 is 7.14 Å². The Hall–Kier alpha value is 0.749. The second-order valence-corrected chi connectivity index (χ2v) is 8.38. The molecule has 0 aromatic heterocycles. The van der Waals surface area contributed by atoms with Gasteiger partial charge in [0.1, 0.15) is 0 Å². The van der Waals surface area contributed by atoms with Gasteiger partial charge in [0.15, 0.2) is 0 Å². The molecule has 1 saturated heterocycles. The van der Waals surface area contributed by atoms with Gasteiger partial charge in [-0.3, -0.25) is 0 Å². The topological polar surface area (TPSA) is 17.1 Å². The maximum atomic E-state index is 12.5. The average molecular weight is 256 g/mol. The van der Waals surface area contributed by atoms with Gasteiger partial charge in [0.05, 0.1) is 7.14 Å². The first kappa shape index (κ1) is 14.7. The summed E-state index contributed by atoms with van der Waals surface area (Å²) in [5.74, 6) is 0. The number of hydrogen-bond donors (Lipinski definition) is 0. The van der Waals surface area contributed by atoms with Crippen molar-refractivity contribution in [2.75, 3.05) is 0 Å². The molecule has 3 atom stereocenters. The zero-order valence-electron chi connectivity index (χ0n) is 9.35. The SMILES string of the molecule is CC1CC(C)P1(=O)[C@@H]1[CH-]CCC1.[CH3-].[Fe+2]. The van der Waals surface area contributed by atoms with E-state index in [9.17, 15) is 4.57 Å². The van der Waals surface area contributed by atoms with Crippen molar-refractivity contribution < 1.29 is 21.6 Å². The van der Waals surface area contributed by atoms with E-state index in [0.29, 0.717) is 17.0 Å². The number of hydrogen-bond acceptors (Lipinski definition) is 1. The van der Waals surface area contributed by atoms with Crippen molar-refractivity contribution in [3.05, 3.63) is 13.8 Å². The van der Waals surface area contributed by atoms with Gasteiger partial charge in [-0.1, -0.05) is 26.7 Å². The van der Waals surface area contributed by atoms with Crippen LogP contribution in [0.1, 0.15) is 39.5 Å². The van der Waals surface area contributed by atoms with Gasteiger partial charge in [0, 0.05) is 11.3 Å². The van der Waals surface area contributed by atoms with Gasteiger partial charge >= 0.3 is 17.1 Å². The van der Waals surface area contributed by atoms with Crippen LogP contribution in [0.2, 0.25) is 0 Å². The maximum Gasteiger partial charge on any atom is 2.00 e. The van der Waals surface area contributed by atoms with E-state index in [4.69, 9.17) is 0 Å².